The summed E-state index contributed by atoms with van der Waals surface area (Å²) in [6, 6.07) is 8.35. The molecule has 0 atom stereocenters. The van der Waals surface area contributed by atoms with Crippen molar-refractivity contribution in [3.05, 3.63) is 45.8 Å². The maximum atomic E-state index is 11.9. The largest absolute Gasteiger partial charge is 0.378 e. The van der Waals surface area contributed by atoms with Gasteiger partial charge in [0.05, 0.1) is 18.8 Å². The summed E-state index contributed by atoms with van der Waals surface area (Å²) < 4.78 is 5.40. The van der Waals surface area contributed by atoms with Gasteiger partial charge >= 0.3 is 0 Å². The SMILES string of the molecule is NC(=O)c1c(N=Cc2ccc(N3CCOCC3)cc2)sc2c1CCCC2. The number of amides is 1. The lowest BCUT2D eigenvalue weighted by Crippen LogP contribution is -2.36. The highest BCUT2D eigenvalue weighted by molar-refractivity contribution is 7.16. The number of hydrogen-bond acceptors (Lipinski definition) is 5. The van der Waals surface area contributed by atoms with Crippen LogP contribution in [0.5, 0.6) is 0 Å². The molecule has 1 fully saturated rings. The van der Waals surface area contributed by atoms with Gasteiger partial charge in [-0.15, -0.1) is 11.3 Å². The normalized spacial score (nSPS) is 17.5. The summed E-state index contributed by atoms with van der Waals surface area (Å²) in [4.78, 5) is 20.1. The molecule has 0 saturated carbocycles. The summed E-state index contributed by atoms with van der Waals surface area (Å²) in [7, 11) is 0. The van der Waals surface area contributed by atoms with E-state index in [0.717, 1.165) is 61.7 Å². The molecule has 0 radical (unpaired) electrons. The smallest absolute Gasteiger partial charge is 0.252 e. The number of nitrogens with two attached hydrogens (primary N) is 1. The molecule has 1 aliphatic heterocycles. The summed E-state index contributed by atoms with van der Waals surface area (Å²) in [5.41, 5.74) is 9.61. The van der Waals surface area contributed by atoms with Crippen LogP contribution in [0, 0.1) is 0 Å². The first-order valence-corrected chi connectivity index (χ1v) is 9.95. The van der Waals surface area contributed by atoms with Crippen LogP contribution >= 0.6 is 11.3 Å². The van der Waals surface area contributed by atoms with Crippen LogP contribution in [0.3, 0.4) is 0 Å². The van der Waals surface area contributed by atoms with Crippen molar-refractivity contribution in [2.75, 3.05) is 31.2 Å². The molecule has 0 spiro atoms. The monoisotopic (exact) mass is 369 g/mol. The number of ether oxygens (including phenoxy) is 1. The molecule has 4 rings (SSSR count). The Labute approximate surface area is 157 Å². The van der Waals surface area contributed by atoms with Crippen molar-refractivity contribution in [2.24, 2.45) is 10.7 Å². The summed E-state index contributed by atoms with van der Waals surface area (Å²) in [5, 5.41) is 0.752. The number of rotatable bonds is 4. The number of carbonyl (C=O) groups is 1. The molecular formula is C20H23N3O2S. The number of nitrogens with zero attached hydrogens (tertiary/aromatic N) is 2. The predicted octanol–water partition coefficient (Wildman–Crippen LogP) is 3.31. The summed E-state index contributed by atoms with van der Waals surface area (Å²) >= 11 is 1.61. The molecule has 2 heterocycles. The van der Waals surface area contributed by atoms with Crippen molar-refractivity contribution < 1.29 is 9.53 Å². The standard InChI is InChI=1S/C20H23N3O2S/c21-19(24)18-16-3-1-2-4-17(16)26-20(18)22-13-14-5-7-15(8-6-14)23-9-11-25-12-10-23/h5-8,13H,1-4,9-12H2,(H2,21,24). The lowest BCUT2D eigenvalue weighted by molar-refractivity contribution is 0.100. The van der Waals surface area contributed by atoms with Crippen LogP contribution in [-0.2, 0) is 17.6 Å². The second-order valence-corrected chi connectivity index (χ2v) is 7.79. The van der Waals surface area contributed by atoms with Crippen LogP contribution in [0.4, 0.5) is 10.7 Å². The topological polar surface area (TPSA) is 67.9 Å². The van der Waals surface area contributed by atoms with Crippen molar-refractivity contribution in [1.82, 2.24) is 0 Å². The Balaban J connectivity index is 1.54. The minimum Gasteiger partial charge on any atom is -0.378 e. The van der Waals surface area contributed by atoms with E-state index in [1.54, 1.807) is 11.3 Å². The average Bonchev–Trinajstić information content (AvgIpc) is 3.06. The third kappa shape index (κ3) is 3.52. The van der Waals surface area contributed by atoms with E-state index < -0.39 is 0 Å². The van der Waals surface area contributed by atoms with E-state index in [1.807, 2.05) is 6.21 Å². The van der Waals surface area contributed by atoms with Gasteiger partial charge in [-0.1, -0.05) is 12.1 Å². The second kappa shape index (κ2) is 7.60. The lowest BCUT2D eigenvalue weighted by atomic mass is 9.95. The number of fused-ring (bicyclic) bond motifs is 1. The van der Waals surface area contributed by atoms with Gasteiger partial charge in [-0.05, 0) is 48.9 Å². The Kier molecular flexibility index (Phi) is 5.04. The third-order valence-electron chi connectivity index (χ3n) is 5.00. The molecule has 5 nitrogen and oxygen atoms in total. The molecule has 2 aliphatic rings. The first-order chi connectivity index (χ1) is 12.7. The number of aliphatic imine (C=N–C) groups is 1. The van der Waals surface area contributed by atoms with Gasteiger partial charge in [0, 0.05) is 29.9 Å². The average molecular weight is 369 g/mol. The molecule has 136 valence electrons. The molecular weight excluding hydrogens is 346 g/mol. The van der Waals surface area contributed by atoms with Gasteiger partial charge < -0.3 is 15.4 Å². The van der Waals surface area contributed by atoms with E-state index in [9.17, 15) is 4.79 Å². The fourth-order valence-electron chi connectivity index (χ4n) is 3.62. The van der Waals surface area contributed by atoms with Crippen LogP contribution in [0.2, 0.25) is 0 Å². The highest BCUT2D eigenvalue weighted by Gasteiger charge is 2.23. The van der Waals surface area contributed by atoms with Gasteiger partial charge in [0.15, 0.2) is 0 Å². The minimum absolute atomic E-state index is 0.362. The zero-order valence-electron chi connectivity index (χ0n) is 14.7. The Morgan fingerprint density at radius 2 is 1.88 bits per heavy atom. The molecule has 26 heavy (non-hydrogen) atoms. The Morgan fingerprint density at radius 1 is 1.15 bits per heavy atom. The summed E-state index contributed by atoms with van der Waals surface area (Å²) in [6.45, 7) is 3.41. The van der Waals surface area contributed by atoms with Gasteiger partial charge in [-0.2, -0.15) is 0 Å². The zero-order valence-corrected chi connectivity index (χ0v) is 15.6. The molecule has 2 N–H and O–H groups in total. The van der Waals surface area contributed by atoms with Crippen LogP contribution in [0.1, 0.15) is 39.2 Å². The van der Waals surface area contributed by atoms with Crippen molar-refractivity contribution in [2.45, 2.75) is 25.7 Å². The lowest BCUT2D eigenvalue weighted by Gasteiger charge is -2.28. The van der Waals surface area contributed by atoms with E-state index in [0.29, 0.717) is 5.56 Å². The molecule has 1 amide bonds. The first kappa shape index (κ1) is 17.2. The van der Waals surface area contributed by atoms with Gasteiger partial charge in [0.1, 0.15) is 5.00 Å². The molecule has 1 aromatic heterocycles. The van der Waals surface area contributed by atoms with Crippen LogP contribution < -0.4 is 10.6 Å². The number of benzene rings is 1. The van der Waals surface area contributed by atoms with Crippen molar-refractivity contribution in [1.29, 1.82) is 0 Å². The van der Waals surface area contributed by atoms with E-state index in [1.165, 1.54) is 17.0 Å². The quantitative estimate of drug-likeness (QED) is 0.841. The Bertz CT molecular complexity index is 820. The van der Waals surface area contributed by atoms with E-state index >= 15 is 0 Å². The van der Waals surface area contributed by atoms with Crippen molar-refractivity contribution in [3.63, 3.8) is 0 Å². The Morgan fingerprint density at radius 3 is 2.62 bits per heavy atom. The molecule has 0 unspecified atom stereocenters. The molecule has 2 aromatic rings. The van der Waals surface area contributed by atoms with Crippen LogP contribution in [0.15, 0.2) is 29.3 Å². The minimum atomic E-state index is -0.362. The maximum Gasteiger partial charge on any atom is 0.252 e. The second-order valence-electron chi connectivity index (χ2n) is 6.70. The van der Waals surface area contributed by atoms with Crippen molar-refractivity contribution in [3.8, 4) is 0 Å². The van der Waals surface area contributed by atoms with Crippen LogP contribution in [-0.4, -0.2) is 38.4 Å². The van der Waals surface area contributed by atoms with E-state index in [2.05, 4.69) is 34.2 Å². The number of thiophene rings is 1. The number of carbonyl (C=O) groups excluding carboxylic acids is 1. The molecule has 1 aromatic carbocycles. The van der Waals surface area contributed by atoms with Gasteiger partial charge in [-0.25, -0.2) is 4.99 Å². The molecule has 6 heteroatoms. The maximum absolute atomic E-state index is 11.9. The van der Waals surface area contributed by atoms with Crippen molar-refractivity contribution >= 4 is 34.1 Å². The third-order valence-corrected chi connectivity index (χ3v) is 6.20. The van der Waals surface area contributed by atoms with E-state index in [-0.39, 0.29) is 5.91 Å². The highest BCUT2D eigenvalue weighted by atomic mass is 32.1. The number of aryl methyl sites for hydroxylation is 1. The van der Waals surface area contributed by atoms with Gasteiger partial charge in [0.2, 0.25) is 0 Å². The first-order valence-electron chi connectivity index (χ1n) is 9.13. The van der Waals surface area contributed by atoms with E-state index in [4.69, 9.17) is 10.5 Å². The fraction of sp³-hybridized carbons (Fsp3) is 0.400. The number of hydrogen-bond donors (Lipinski definition) is 1. The molecule has 0 bridgehead atoms. The summed E-state index contributed by atoms with van der Waals surface area (Å²) in [6.07, 6.45) is 6.10. The summed E-state index contributed by atoms with van der Waals surface area (Å²) in [5.74, 6) is -0.362. The number of anilines is 1. The predicted molar refractivity (Wildman–Crippen MR) is 106 cm³/mol. The Hall–Kier alpha value is -2.18. The van der Waals surface area contributed by atoms with Gasteiger partial charge in [-0.3, -0.25) is 4.79 Å². The number of morpholine rings is 1. The fourth-order valence-corrected chi connectivity index (χ4v) is 4.86. The van der Waals surface area contributed by atoms with Gasteiger partial charge in [0.25, 0.3) is 5.91 Å². The zero-order chi connectivity index (χ0) is 17.9. The van der Waals surface area contributed by atoms with Crippen LogP contribution in [0.25, 0.3) is 0 Å². The molecule has 1 aliphatic carbocycles. The molecule has 1 saturated heterocycles. The highest BCUT2D eigenvalue weighted by Crippen LogP contribution is 2.39. The number of primary amides is 1.